The number of nitrogens with zero attached hydrogens (tertiary/aromatic N) is 5. The van der Waals surface area contributed by atoms with E-state index in [0.29, 0.717) is 5.82 Å². The van der Waals surface area contributed by atoms with Gasteiger partial charge in [-0.3, -0.25) is 0 Å². The molecule has 0 spiro atoms. The number of hydrogen-bond acceptors (Lipinski definition) is 6. The molecule has 6 nitrogen and oxygen atoms in total. The molecule has 3 heterocycles. The Bertz CT molecular complexity index is 589. The van der Waals surface area contributed by atoms with Crippen molar-refractivity contribution < 1.29 is 4.52 Å². The molecule has 0 radical (unpaired) electrons. The maximum Gasteiger partial charge on any atom is 0.231 e. The van der Waals surface area contributed by atoms with E-state index in [4.69, 9.17) is 4.52 Å². The van der Waals surface area contributed by atoms with Crippen molar-refractivity contribution in [2.75, 3.05) is 18.0 Å². The lowest BCUT2D eigenvalue weighted by Crippen LogP contribution is -2.35. The third-order valence-corrected chi connectivity index (χ3v) is 3.57. The lowest BCUT2D eigenvalue weighted by Gasteiger charge is -2.31. The highest BCUT2D eigenvalue weighted by atomic mass is 16.5. The Morgan fingerprint density at radius 2 is 1.90 bits per heavy atom. The summed E-state index contributed by atoms with van der Waals surface area (Å²) in [5, 5.41) is 3.88. The number of aromatic nitrogens is 4. The van der Waals surface area contributed by atoms with Crippen LogP contribution in [0.3, 0.4) is 0 Å². The second kappa shape index (κ2) is 5.19. The van der Waals surface area contributed by atoms with E-state index in [1.54, 1.807) is 0 Å². The van der Waals surface area contributed by atoms with Crippen LogP contribution in [0.25, 0.3) is 0 Å². The molecule has 2 aromatic heterocycles. The van der Waals surface area contributed by atoms with Gasteiger partial charge in [-0.2, -0.15) is 4.98 Å². The second-order valence-corrected chi connectivity index (χ2v) is 5.42. The Morgan fingerprint density at radius 3 is 2.55 bits per heavy atom. The van der Waals surface area contributed by atoms with Gasteiger partial charge in [0.05, 0.1) is 5.92 Å². The highest BCUT2D eigenvalue weighted by molar-refractivity contribution is 5.33. The van der Waals surface area contributed by atoms with Crippen LogP contribution < -0.4 is 4.90 Å². The van der Waals surface area contributed by atoms with Crippen molar-refractivity contribution in [2.45, 2.75) is 39.5 Å². The molecule has 3 rings (SSSR count). The summed E-state index contributed by atoms with van der Waals surface area (Å²) in [6.07, 6.45) is 2.16. The molecule has 0 amide bonds. The van der Waals surface area contributed by atoms with Crippen molar-refractivity contribution in [3.63, 3.8) is 0 Å². The first-order chi connectivity index (χ1) is 9.61. The lowest BCUT2D eigenvalue weighted by molar-refractivity contribution is 0.330. The SMILES string of the molecule is Cc1cc(C)nc(N2CCCC(c3nc(C)no3)C2)n1. The van der Waals surface area contributed by atoms with Gasteiger partial charge in [0.25, 0.3) is 0 Å². The maximum absolute atomic E-state index is 5.31. The number of piperidine rings is 1. The van der Waals surface area contributed by atoms with Crippen molar-refractivity contribution in [1.82, 2.24) is 20.1 Å². The Labute approximate surface area is 118 Å². The molecular weight excluding hydrogens is 254 g/mol. The van der Waals surface area contributed by atoms with Crippen LogP contribution in [0.1, 0.15) is 41.9 Å². The van der Waals surface area contributed by atoms with E-state index in [9.17, 15) is 0 Å². The van der Waals surface area contributed by atoms with Gasteiger partial charge in [-0.15, -0.1) is 0 Å². The Balaban J connectivity index is 1.81. The Hall–Kier alpha value is -1.98. The second-order valence-electron chi connectivity index (χ2n) is 5.42. The van der Waals surface area contributed by atoms with Crippen molar-refractivity contribution in [3.05, 3.63) is 29.2 Å². The van der Waals surface area contributed by atoms with Crippen LogP contribution in [0.15, 0.2) is 10.6 Å². The predicted molar refractivity (Wildman–Crippen MR) is 74.7 cm³/mol. The summed E-state index contributed by atoms with van der Waals surface area (Å²) >= 11 is 0. The monoisotopic (exact) mass is 273 g/mol. The standard InChI is InChI=1S/C14H19N5O/c1-9-7-10(2)16-14(15-9)19-6-4-5-12(8-19)13-17-11(3)18-20-13/h7,12H,4-6,8H2,1-3H3. The molecule has 0 aliphatic carbocycles. The molecule has 1 unspecified atom stereocenters. The van der Waals surface area contributed by atoms with E-state index >= 15 is 0 Å². The third-order valence-electron chi connectivity index (χ3n) is 3.57. The van der Waals surface area contributed by atoms with E-state index in [1.807, 2.05) is 26.8 Å². The van der Waals surface area contributed by atoms with E-state index in [1.165, 1.54) is 0 Å². The van der Waals surface area contributed by atoms with Gasteiger partial charge in [0.1, 0.15) is 0 Å². The minimum absolute atomic E-state index is 0.273. The molecule has 0 saturated carbocycles. The molecule has 0 aromatic carbocycles. The average molecular weight is 273 g/mol. The Morgan fingerprint density at radius 1 is 1.15 bits per heavy atom. The normalized spacial score (nSPS) is 19.4. The van der Waals surface area contributed by atoms with Gasteiger partial charge in [0.2, 0.25) is 11.8 Å². The van der Waals surface area contributed by atoms with Crippen LogP contribution >= 0.6 is 0 Å². The smallest absolute Gasteiger partial charge is 0.231 e. The molecule has 1 saturated heterocycles. The summed E-state index contributed by atoms with van der Waals surface area (Å²) in [5.74, 6) is 2.51. The molecular formula is C14H19N5O. The third kappa shape index (κ3) is 2.64. The minimum atomic E-state index is 0.273. The number of hydrogen-bond donors (Lipinski definition) is 0. The van der Waals surface area contributed by atoms with Gasteiger partial charge in [-0.25, -0.2) is 9.97 Å². The molecule has 106 valence electrons. The van der Waals surface area contributed by atoms with Gasteiger partial charge in [-0.1, -0.05) is 5.16 Å². The molecule has 0 bridgehead atoms. The molecule has 1 aliphatic heterocycles. The van der Waals surface area contributed by atoms with Gasteiger partial charge in [0.15, 0.2) is 5.82 Å². The van der Waals surface area contributed by atoms with Gasteiger partial charge < -0.3 is 9.42 Å². The number of rotatable bonds is 2. The molecule has 0 N–H and O–H groups in total. The van der Waals surface area contributed by atoms with Gasteiger partial charge in [-0.05, 0) is 39.7 Å². The fourth-order valence-corrected chi connectivity index (χ4v) is 2.69. The van der Waals surface area contributed by atoms with E-state index in [0.717, 1.165) is 49.2 Å². The highest BCUT2D eigenvalue weighted by Gasteiger charge is 2.27. The fourth-order valence-electron chi connectivity index (χ4n) is 2.69. The highest BCUT2D eigenvalue weighted by Crippen LogP contribution is 2.27. The van der Waals surface area contributed by atoms with Crippen molar-refractivity contribution in [2.24, 2.45) is 0 Å². The van der Waals surface area contributed by atoms with Crippen LogP contribution in [0, 0.1) is 20.8 Å². The first-order valence-electron chi connectivity index (χ1n) is 6.99. The van der Waals surface area contributed by atoms with Crippen molar-refractivity contribution in [1.29, 1.82) is 0 Å². The largest absolute Gasteiger partial charge is 0.340 e. The van der Waals surface area contributed by atoms with Gasteiger partial charge in [0, 0.05) is 24.5 Å². The minimum Gasteiger partial charge on any atom is -0.340 e. The zero-order chi connectivity index (χ0) is 14.1. The summed E-state index contributed by atoms with van der Waals surface area (Å²) in [7, 11) is 0. The predicted octanol–water partition coefficient (Wildman–Crippen LogP) is 2.17. The summed E-state index contributed by atoms with van der Waals surface area (Å²) in [5.41, 5.74) is 2.01. The van der Waals surface area contributed by atoms with Crippen molar-refractivity contribution >= 4 is 5.95 Å². The quantitative estimate of drug-likeness (QED) is 0.835. The molecule has 2 aromatic rings. The number of anilines is 1. The summed E-state index contributed by atoms with van der Waals surface area (Å²) in [6, 6.07) is 1.99. The molecule has 20 heavy (non-hydrogen) atoms. The zero-order valence-corrected chi connectivity index (χ0v) is 12.1. The van der Waals surface area contributed by atoms with Crippen LogP contribution in [-0.2, 0) is 0 Å². The van der Waals surface area contributed by atoms with E-state index < -0.39 is 0 Å². The average Bonchev–Trinajstić information content (AvgIpc) is 2.85. The summed E-state index contributed by atoms with van der Waals surface area (Å²) in [4.78, 5) is 15.6. The van der Waals surface area contributed by atoms with Gasteiger partial charge >= 0.3 is 0 Å². The first-order valence-corrected chi connectivity index (χ1v) is 6.99. The van der Waals surface area contributed by atoms with E-state index in [-0.39, 0.29) is 5.92 Å². The molecule has 1 fully saturated rings. The summed E-state index contributed by atoms with van der Waals surface area (Å²) < 4.78 is 5.31. The van der Waals surface area contributed by atoms with Crippen LogP contribution in [0.5, 0.6) is 0 Å². The van der Waals surface area contributed by atoms with E-state index in [2.05, 4.69) is 25.0 Å². The van der Waals surface area contributed by atoms with Crippen molar-refractivity contribution in [3.8, 4) is 0 Å². The Kier molecular flexibility index (Phi) is 3.38. The number of aryl methyl sites for hydroxylation is 3. The molecule has 1 aliphatic rings. The lowest BCUT2D eigenvalue weighted by atomic mass is 9.98. The topological polar surface area (TPSA) is 67.9 Å². The van der Waals surface area contributed by atoms with Crippen LogP contribution in [0.2, 0.25) is 0 Å². The van der Waals surface area contributed by atoms with Crippen LogP contribution in [0.4, 0.5) is 5.95 Å². The van der Waals surface area contributed by atoms with Crippen LogP contribution in [-0.4, -0.2) is 33.2 Å². The first kappa shape index (κ1) is 13.0. The fraction of sp³-hybridized carbons (Fsp3) is 0.571. The summed E-state index contributed by atoms with van der Waals surface area (Å²) in [6.45, 7) is 7.67. The molecule has 6 heteroatoms. The zero-order valence-electron chi connectivity index (χ0n) is 12.1. The molecule has 1 atom stereocenters. The maximum atomic E-state index is 5.31.